The number of aromatic nitrogens is 1. The normalized spacial score (nSPS) is 16.3. The van der Waals surface area contributed by atoms with E-state index >= 15 is 0 Å². The van der Waals surface area contributed by atoms with Gasteiger partial charge in [0.2, 0.25) is 0 Å². The van der Waals surface area contributed by atoms with Crippen molar-refractivity contribution in [2.45, 2.75) is 19.8 Å². The third kappa shape index (κ3) is 1.96. The maximum Gasteiger partial charge on any atom is 0.136 e. The molecule has 0 radical (unpaired) electrons. The largest absolute Gasteiger partial charge is 0.356 e. The van der Waals surface area contributed by atoms with Crippen LogP contribution in [-0.2, 0) is 4.79 Å². The Bertz CT molecular complexity index is 596. The van der Waals surface area contributed by atoms with Crippen molar-refractivity contribution in [2.24, 2.45) is 0 Å². The van der Waals surface area contributed by atoms with Crippen LogP contribution < -0.4 is 4.90 Å². The lowest BCUT2D eigenvalue weighted by Gasteiger charge is -2.27. The second-order valence-corrected chi connectivity index (χ2v) is 4.84. The first-order valence-electron chi connectivity index (χ1n) is 6.37. The molecule has 3 rings (SSSR count). The topological polar surface area (TPSA) is 33.2 Å². The Morgan fingerprint density at radius 3 is 2.67 bits per heavy atom. The molecule has 3 nitrogen and oxygen atoms in total. The van der Waals surface area contributed by atoms with Gasteiger partial charge in [0.1, 0.15) is 11.6 Å². The molecule has 0 aliphatic carbocycles. The monoisotopic (exact) mass is 240 g/mol. The number of carbonyl (C=O) groups excluding carboxylic acids is 1. The highest BCUT2D eigenvalue weighted by Crippen LogP contribution is 2.23. The smallest absolute Gasteiger partial charge is 0.136 e. The summed E-state index contributed by atoms with van der Waals surface area (Å²) in [5.41, 5.74) is 2.27. The molecule has 92 valence electrons. The molecule has 0 bridgehead atoms. The Labute approximate surface area is 106 Å². The molecule has 18 heavy (non-hydrogen) atoms. The summed E-state index contributed by atoms with van der Waals surface area (Å²) in [5, 5.41) is 1.20. The number of anilines is 1. The molecular formula is C15H16N2O. The molecule has 1 aliphatic heterocycles. The van der Waals surface area contributed by atoms with Crippen LogP contribution in [0.1, 0.15) is 18.4 Å². The summed E-state index contributed by atoms with van der Waals surface area (Å²) in [6.45, 7) is 3.70. The summed E-state index contributed by atoms with van der Waals surface area (Å²) in [5.74, 6) is 1.36. The van der Waals surface area contributed by atoms with Gasteiger partial charge in [-0.1, -0.05) is 18.2 Å². The summed E-state index contributed by atoms with van der Waals surface area (Å²) < 4.78 is 0. The first kappa shape index (κ1) is 11.2. The molecule has 1 aromatic heterocycles. The molecule has 0 unspecified atom stereocenters. The van der Waals surface area contributed by atoms with Crippen LogP contribution in [0.25, 0.3) is 10.9 Å². The van der Waals surface area contributed by atoms with Gasteiger partial charge in [-0.2, -0.15) is 0 Å². The molecule has 0 atom stereocenters. The van der Waals surface area contributed by atoms with Gasteiger partial charge in [0.25, 0.3) is 0 Å². The number of para-hydroxylation sites is 1. The SMILES string of the molecule is Cc1cc(N2CCC(=O)CC2)nc2ccccc12. The van der Waals surface area contributed by atoms with Crippen molar-refractivity contribution in [3.8, 4) is 0 Å². The number of aryl methyl sites for hydroxylation is 1. The van der Waals surface area contributed by atoms with Crippen molar-refractivity contribution >= 4 is 22.5 Å². The number of Topliss-reactive ketones (excluding diaryl/α,β-unsaturated/α-hetero) is 1. The molecule has 1 aliphatic rings. The van der Waals surface area contributed by atoms with E-state index in [1.54, 1.807) is 0 Å². The molecule has 3 heteroatoms. The van der Waals surface area contributed by atoms with E-state index in [1.165, 1.54) is 10.9 Å². The zero-order valence-electron chi connectivity index (χ0n) is 10.5. The number of hydrogen-bond donors (Lipinski definition) is 0. The summed E-state index contributed by atoms with van der Waals surface area (Å²) in [4.78, 5) is 18.2. The summed E-state index contributed by atoms with van der Waals surface area (Å²) >= 11 is 0. The van der Waals surface area contributed by atoms with Gasteiger partial charge in [-0.3, -0.25) is 4.79 Å². The van der Waals surface area contributed by atoms with Gasteiger partial charge in [-0.15, -0.1) is 0 Å². The van der Waals surface area contributed by atoms with E-state index < -0.39 is 0 Å². The Balaban J connectivity index is 2.00. The molecule has 1 fully saturated rings. The lowest BCUT2D eigenvalue weighted by molar-refractivity contribution is -0.119. The molecule has 2 heterocycles. The number of hydrogen-bond acceptors (Lipinski definition) is 3. The number of ketones is 1. The van der Waals surface area contributed by atoms with Gasteiger partial charge in [-0.05, 0) is 24.6 Å². The number of pyridine rings is 1. The van der Waals surface area contributed by atoms with Crippen molar-refractivity contribution in [3.05, 3.63) is 35.9 Å². The van der Waals surface area contributed by atoms with E-state index in [1.807, 2.05) is 18.2 Å². The van der Waals surface area contributed by atoms with Crippen molar-refractivity contribution in [1.82, 2.24) is 4.98 Å². The Kier molecular flexibility index (Phi) is 2.74. The van der Waals surface area contributed by atoms with E-state index in [0.717, 1.165) is 24.4 Å². The molecule has 0 spiro atoms. The number of nitrogens with zero attached hydrogens (tertiary/aromatic N) is 2. The minimum absolute atomic E-state index is 0.365. The van der Waals surface area contributed by atoms with E-state index in [0.29, 0.717) is 18.6 Å². The lowest BCUT2D eigenvalue weighted by atomic mass is 10.1. The van der Waals surface area contributed by atoms with Gasteiger partial charge in [0.05, 0.1) is 5.52 Å². The highest BCUT2D eigenvalue weighted by atomic mass is 16.1. The van der Waals surface area contributed by atoms with Crippen LogP contribution in [0.2, 0.25) is 0 Å². The first-order valence-corrected chi connectivity index (χ1v) is 6.37. The molecule has 1 saturated heterocycles. The summed E-state index contributed by atoms with van der Waals surface area (Å²) in [6, 6.07) is 10.3. The second-order valence-electron chi connectivity index (χ2n) is 4.84. The van der Waals surface area contributed by atoms with E-state index in [9.17, 15) is 4.79 Å². The maximum absolute atomic E-state index is 11.3. The van der Waals surface area contributed by atoms with E-state index in [2.05, 4.69) is 24.0 Å². The molecule has 2 aromatic rings. The number of rotatable bonds is 1. The number of carbonyl (C=O) groups is 1. The highest BCUT2D eigenvalue weighted by Gasteiger charge is 2.17. The van der Waals surface area contributed by atoms with Gasteiger partial charge in [-0.25, -0.2) is 4.98 Å². The molecular weight excluding hydrogens is 224 g/mol. The number of benzene rings is 1. The lowest BCUT2D eigenvalue weighted by Crippen LogP contribution is -2.34. The van der Waals surface area contributed by atoms with Gasteiger partial charge < -0.3 is 4.90 Å². The van der Waals surface area contributed by atoms with Gasteiger partial charge >= 0.3 is 0 Å². The standard InChI is InChI=1S/C15H16N2O/c1-11-10-15(17-8-6-12(18)7-9-17)16-14-5-3-2-4-13(11)14/h2-5,10H,6-9H2,1H3. The fourth-order valence-electron chi connectivity index (χ4n) is 2.48. The minimum atomic E-state index is 0.365. The highest BCUT2D eigenvalue weighted by molar-refractivity contribution is 5.84. The maximum atomic E-state index is 11.3. The first-order chi connectivity index (χ1) is 8.74. The number of fused-ring (bicyclic) bond motifs is 1. The minimum Gasteiger partial charge on any atom is -0.356 e. The van der Waals surface area contributed by atoms with Crippen molar-refractivity contribution in [3.63, 3.8) is 0 Å². The molecule has 0 amide bonds. The van der Waals surface area contributed by atoms with Crippen LogP contribution in [-0.4, -0.2) is 23.9 Å². The number of piperidine rings is 1. The zero-order valence-corrected chi connectivity index (χ0v) is 10.5. The average molecular weight is 240 g/mol. The predicted octanol–water partition coefficient (Wildman–Crippen LogP) is 2.71. The van der Waals surface area contributed by atoms with Crippen molar-refractivity contribution in [1.29, 1.82) is 0 Å². The van der Waals surface area contributed by atoms with E-state index in [4.69, 9.17) is 4.98 Å². The van der Waals surface area contributed by atoms with Crippen LogP contribution in [0, 0.1) is 6.92 Å². The third-order valence-electron chi connectivity index (χ3n) is 3.55. The fourth-order valence-corrected chi connectivity index (χ4v) is 2.48. The Morgan fingerprint density at radius 1 is 1.17 bits per heavy atom. The Morgan fingerprint density at radius 2 is 1.89 bits per heavy atom. The molecule has 1 aromatic carbocycles. The van der Waals surface area contributed by atoms with Crippen LogP contribution in [0.4, 0.5) is 5.82 Å². The molecule has 0 N–H and O–H groups in total. The van der Waals surface area contributed by atoms with Crippen LogP contribution in [0.3, 0.4) is 0 Å². The summed E-state index contributed by atoms with van der Waals surface area (Å²) in [6.07, 6.45) is 1.29. The van der Waals surface area contributed by atoms with Crippen LogP contribution in [0.5, 0.6) is 0 Å². The van der Waals surface area contributed by atoms with Crippen LogP contribution >= 0.6 is 0 Å². The summed E-state index contributed by atoms with van der Waals surface area (Å²) in [7, 11) is 0. The van der Waals surface area contributed by atoms with Crippen molar-refractivity contribution in [2.75, 3.05) is 18.0 Å². The second kappa shape index (κ2) is 4.41. The third-order valence-corrected chi connectivity index (χ3v) is 3.55. The van der Waals surface area contributed by atoms with Crippen LogP contribution in [0.15, 0.2) is 30.3 Å². The zero-order chi connectivity index (χ0) is 12.5. The van der Waals surface area contributed by atoms with Gasteiger partial charge in [0, 0.05) is 31.3 Å². The molecule has 0 saturated carbocycles. The quantitative estimate of drug-likeness (QED) is 0.768. The fraction of sp³-hybridized carbons (Fsp3) is 0.333. The van der Waals surface area contributed by atoms with Crippen molar-refractivity contribution < 1.29 is 4.79 Å². The van der Waals surface area contributed by atoms with Gasteiger partial charge in [0.15, 0.2) is 0 Å². The Hall–Kier alpha value is -1.90. The van der Waals surface area contributed by atoms with E-state index in [-0.39, 0.29) is 0 Å². The average Bonchev–Trinajstić information content (AvgIpc) is 2.39. The predicted molar refractivity (Wildman–Crippen MR) is 72.9 cm³/mol.